The summed E-state index contributed by atoms with van der Waals surface area (Å²) in [5.41, 5.74) is 0. The summed E-state index contributed by atoms with van der Waals surface area (Å²) in [4.78, 5) is 39.8. The van der Waals surface area contributed by atoms with Crippen molar-refractivity contribution < 1.29 is 14.4 Å². The van der Waals surface area contributed by atoms with Gasteiger partial charge in [-0.05, 0) is 25.7 Å². The van der Waals surface area contributed by atoms with Gasteiger partial charge in [-0.15, -0.1) is 0 Å². The highest BCUT2D eigenvalue weighted by Gasteiger charge is 2.34. The number of urea groups is 1. The molecular formula is C17H28N4O3. The number of piperazine rings is 1. The molecule has 3 fully saturated rings. The van der Waals surface area contributed by atoms with Gasteiger partial charge in [0.2, 0.25) is 11.8 Å². The molecule has 0 aromatic carbocycles. The fourth-order valence-electron chi connectivity index (χ4n) is 3.55. The average Bonchev–Trinajstić information content (AvgIpc) is 3.40. The van der Waals surface area contributed by atoms with Crippen LogP contribution >= 0.6 is 0 Å². The molecule has 0 aromatic rings. The molecule has 2 aliphatic carbocycles. The van der Waals surface area contributed by atoms with Crippen LogP contribution in [-0.4, -0.2) is 66.4 Å². The van der Waals surface area contributed by atoms with Gasteiger partial charge in [-0.3, -0.25) is 19.8 Å². The second-order valence-corrected chi connectivity index (χ2v) is 7.23. The highest BCUT2D eigenvalue weighted by Crippen LogP contribution is 2.31. The van der Waals surface area contributed by atoms with Gasteiger partial charge in [0.1, 0.15) is 0 Å². The van der Waals surface area contributed by atoms with Crippen LogP contribution < -0.4 is 10.6 Å². The smallest absolute Gasteiger partial charge is 0.321 e. The number of hydrogen-bond donors (Lipinski definition) is 2. The first-order valence-electron chi connectivity index (χ1n) is 9.23. The van der Waals surface area contributed by atoms with Crippen LogP contribution in [0.25, 0.3) is 0 Å². The lowest BCUT2D eigenvalue weighted by atomic mass is 9.96. The van der Waals surface area contributed by atoms with Gasteiger partial charge in [0.05, 0.1) is 6.54 Å². The summed E-state index contributed by atoms with van der Waals surface area (Å²) in [6, 6.07) is -0.182. The summed E-state index contributed by atoms with van der Waals surface area (Å²) in [7, 11) is 0. The summed E-state index contributed by atoms with van der Waals surface area (Å²) in [5.74, 6) is 0.250. The Morgan fingerprint density at radius 2 is 1.54 bits per heavy atom. The van der Waals surface area contributed by atoms with Gasteiger partial charge in [-0.1, -0.05) is 19.3 Å². The maximum atomic E-state index is 12.0. The molecule has 2 N–H and O–H groups in total. The number of nitrogens with one attached hydrogen (secondary N) is 2. The highest BCUT2D eigenvalue weighted by molar-refractivity contribution is 5.95. The van der Waals surface area contributed by atoms with Crippen molar-refractivity contribution in [3.63, 3.8) is 0 Å². The molecule has 24 heavy (non-hydrogen) atoms. The Morgan fingerprint density at radius 1 is 0.875 bits per heavy atom. The van der Waals surface area contributed by atoms with Crippen molar-refractivity contribution in [2.24, 2.45) is 5.92 Å². The molecule has 1 saturated heterocycles. The molecule has 4 amide bonds. The Hall–Kier alpha value is -1.63. The van der Waals surface area contributed by atoms with Crippen molar-refractivity contribution in [3.05, 3.63) is 0 Å². The first-order valence-corrected chi connectivity index (χ1v) is 9.23. The number of carbonyl (C=O) groups is 3. The minimum absolute atomic E-state index is 0.198. The summed E-state index contributed by atoms with van der Waals surface area (Å²) in [6.45, 7) is 2.95. The number of nitrogens with zero attached hydrogens (tertiary/aromatic N) is 2. The van der Waals surface area contributed by atoms with Gasteiger partial charge in [0.25, 0.3) is 0 Å². The van der Waals surface area contributed by atoms with Gasteiger partial charge >= 0.3 is 6.03 Å². The summed E-state index contributed by atoms with van der Waals surface area (Å²) in [6.07, 6.45) is 7.56. The minimum Gasteiger partial charge on any atom is -0.340 e. The van der Waals surface area contributed by atoms with E-state index in [0.29, 0.717) is 26.2 Å². The summed E-state index contributed by atoms with van der Waals surface area (Å²) >= 11 is 0. The Kier molecular flexibility index (Phi) is 5.71. The highest BCUT2D eigenvalue weighted by atomic mass is 16.2. The van der Waals surface area contributed by atoms with Gasteiger partial charge in [-0.25, -0.2) is 4.79 Å². The normalized spacial score (nSPS) is 22.9. The first kappa shape index (κ1) is 17.2. The molecule has 0 radical (unpaired) electrons. The molecule has 7 nitrogen and oxygen atoms in total. The molecule has 1 aliphatic heterocycles. The largest absolute Gasteiger partial charge is 0.340 e. The number of hydrogen-bond acceptors (Lipinski definition) is 4. The molecule has 0 aromatic heterocycles. The number of carbonyl (C=O) groups excluding carboxylic acids is 3. The van der Waals surface area contributed by atoms with Crippen molar-refractivity contribution in [1.29, 1.82) is 0 Å². The molecule has 0 unspecified atom stereocenters. The van der Waals surface area contributed by atoms with Crippen molar-refractivity contribution in [1.82, 2.24) is 20.4 Å². The molecule has 7 heteroatoms. The lowest BCUT2D eigenvalue weighted by Crippen LogP contribution is -2.53. The van der Waals surface area contributed by atoms with Crippen molar-refractivity contribution in [2.75, 3.05) is 32.7 Å². The third-order valence-corrected chi connectivity index (χ3v) is 5.17. The minimum atomic E-state index is -0.380. The topological polar surface area (TPSA) is 81.8 Å². The first-order chi connectivity index (χ1) is 11.6. The molecule has 1 heterocycles. The van der Waals surface area contributed by atoms with Crippen LogP contribution in [0.3, 0.4) is 0 Å². The molecule has 134 valence electrons. The van der Waals surface area contributed by atoms with Gasteiger partial charge in [0, 0.05) is 38.1 Å². The molecule has 0 spiro atoms. The van der Waals surface area contributed by atoms with Crippen LogP contribution in [0.1, 0.15) is 44.9 Å². The van der Waals surface area contributed by atoms with E-state index in [1.165, 1.54) is 6.42 Å². The van der Waals surface area contributed by atoms with Crippen LogP contribution in [0.15, 0.2) is 0 Å². The van der Waals surface area contributed by atoms with E-state index >= 15 is 0 Å². The fourth-order valence-corrected chi connectivity index (χ4v) is 3.55. The second-order valence-electron chi connectivity index (χ2n) is 7.23. The molecular weight excluding hydrogens is 308 g/mol. The maximum Gasteiger partial charge on any atom is 0.321 e. The van der Waals surface area contributed by atoms with Crippen LogP contribution in [0.2, 0.25) is 0 Å². The number of amides is 4. The second kappa shape index (κ2) is 7.96. The predicted molar refractivity (Wildman–Crippen MR) is 89.3 cm³/mol. The lowest BCUT2D eigenvalue weighted by molar-refractivity contribution is -0.134. The summed E-state index contributed by atoms with van der Waals surface area (Å²) < 4.78 is 0. The molecule has 2 saturated carbocycles. The van der Waals surface area contributed by atoms with Crippen molar-refractivity contribution >= 4 is 17.8 Å². The number of rotatable bonds is 4. The van der Waals surface area contributed by atoms with Gasteiger partial charge < -0.3 is 10.2 Å². The van der Waals surface area contributed by atoms with Gasteiger partial charge in [-0.2, -0.15) is 0 Å². The van der Waals surface area contributed by atoms with E-state index in [2.05, 4.69) is 10.6 Å². The molecule has 0 bridgehead atoms. The summed E-state index contributed by atoms with van der Waals surface area (Å²) in [5, 5.41) is 5.31. The van der Waals surface area contributed by atoms with Crippen LogP contribution in [0.5, 0.6) is 0 Å². The van der Waals surface area contributed by atoms with E-state index in [1.807, 2.05) is 9.80 Å². The molecule has 3 aliphatic rings. The van der Waals surface area contributed by atoms with Crippen molar-refractivity contribution in [2.45, 2.75) is 51.0 Å². The van der Waals surface area contributed by atoms with E-state index in [1.54, 1.807) is 0 Å². The van der Waals surface area contributed by atoms with E-state index in [9.17, 15) is 14.4 Å². The Bertz CT molecular complexity index is 478. The van der Waals surface area contributed by atoms with Crippen LogP contribution in [-0.2, 0) is 9.59 Å². The van der Waals surface area contributed by atoms with E-state index in [-0.39, 0.29) is 36.3 Å². The van der Waals surface area contributed by atoms with E-state index in [4.69, 9.17) is 0 Å². The Morgan fingerprint density at radius 3 is 2.17 bits per heavy atom. The predicted octanol–water partition coefficient (Wildman–Crippen LogP) is 0.699. The molecule has 3 rings (SSSR count). The zero-order valence-corrected chi connectivity index (χ0v) is 14.3. The van der Waals surface area contributed by atoms with E-state index < -0.39 is 0 Å². The zero-order chi connectivity index (χ0) is 16.9. The molecule has 0 atom stereocenters. The number of imide groups is 1. The van der Waals surface area contributed by atoms with E-state index in [0.717, 1.165) is 38.5 Å². The van der Waals surface area contributed by atoms with Crippen LogP contribution in [0.4, 0.5) is 4.79 Å². The van der Waals surface area contributed by atoms with Gasteiger partial charge in [0.15, 0.2) is 0 Å². The third-order valence-electron chi connectivity index (χ3n) is 5.17. The monoisotopic (exact) mass is 336 g/mol. The zero-order valence-electron chi connectivity index (χ0n) is 14.3. The SMILES string of the molecule is O=C(CN1CCN(C(=O)C2CC2)CC1)NC(=O)NC1CCCCC1. The standard InChI is InChI=1S/C17H28N4O3/c22-15(19-17(24)18-14-4-2-1-3-5-14)12-20-8-10-21(11-9-20)16(23)13-6-7-13/h13-14H,1-12H2,(H2,18,19,22,24). The maximum absolute atomic E-state index is 12.0. The average molecular weight is 336 g/mol. The fraction of sp³-hybridized carbons (Fsp3) is 0.824. The quantitative estimate of drug-likeness (QED) is 0.792. The third kappa shape index (κ3) is 4.93. The van der Waals surface area contributed by atoms with Crippen LogP contribution in [0, 0.1) is 5.92 Å². The lowest BCUT2D eigenvalue weighted by Gasteiger charge is -2.34. The Balaban J connectivity index is 1.33. The Labute approximate surface area is 143 Å². The van der Waals surface area contributed by atoms with Crippen molar-refractivity contribution in [3.8, 4) is 0 Å².